The number of anilines is 3. The van der Waals surface area contributed by atoms with Crippen molar-refractivity contribution in [3.63, 3.8) is 0 Å². The summed E-state index contributed by atoms with van der Waals surface area (Å²) in [7, 11) is 0. The van der Waals surface area contributed by atoms with Crippen molar-refractivity contribution in [1.29, 1.82) is 0 Å². The van der Waals surface area contributed by atoms with Gasteiger partial charge in [-0.25, -0.2) is 15.0 Å². The molecule has 3 aliphatic rings. The molecule has 0 aromatic carbocycles. The van der Waals surface area contributed by atoms with Crippen LogP contribution in [0.15, 0.2) is 30.7 Å². The number of ether oxygens (including phenoxy) is 1. The van der Waals surface area contributed by atoms with Gasteiger partial charge in [-0.05, 0) is 37.0 Å². The molecule has 0 radical (unpaired) electrons. The molecular weight excluding hydrogens is 392 g/mol. The molecule has 9 heteroatoms. The third-order valence-electron chi connectivity index (χ3n) is 6.35. The average Bonchev–Trinajstić information content (AvgIpc) is 3.50. The Labute approximate surface area is 180 Å². The quantitative estimate of drug-likeness (QED) is 0.664. The van der Waals surface area contributed by atoms with E-state index in [2.05, 4.69) is 41.3 Å². The van der Waals surface area contributed by atoms with Crippen molar-refractivity contribution in [3.8, 4) is 11.4 Å². The zero-order valence-electron chi connectivity index (χ0n) is 17.4. The van der Waals surface area contributed by atoms with E-state index < -0.39 is 0 Å². The van der Waals surface area contributed by atoms with Crippen molar-refractivity contribution < 1.29 is 4.74 Å². The van der Waals surface area contributed by atoms with Crippen LogP contribution < -0.4 is 15.5 Å². The molecule has 2 aliphatic heterocycles. The average molecular weight is 419 g/mol. The Bertz CT molecular complexity index is 1070. The third-order valence-corrected chi connectivity index (χ3v) is 6.35. The molecule has 1 atom stereocenters. The van der Waals surface area contributed by atoms with E-state index in [-0.39, 0.29) is 6.04 Å². The minimum absolute atomic E-state index is 0.278. The molecule has 2 saturated heterocycles. The fraction of sp³-hybridized carbons (Fsp3) is 0.455. The van der Waals surface area contributed by atoms with E-state index in [1.807, 2.05) is 24.7 Å². The van der Waals surface area contributed by atoms with E-state index in [0.29, 0.717) is 12.6 Å². The smallest absolute Gasteiger partial charge is 0.228 e. The second-order valence-corrected chi connectivity index (χ2v) is 8.31. The standard InChI is InChI=1S/C22H26N8O/c1-2-16-12-26-30(18-5-10-31-14-18)21(16)20-15(1)11-25-22(28-20)27-19-4-3-17(13-24-19)29-8-6-23-7-9-29/h3-4,11-13,18,23H,1-2,5-10,14H2,(H,24,25,27,28). The molecule has 9 nitrogen and oxygen atoms in total. The predicted molar refractivity (Wildman–Crippen MR) is 118 cm³/mol. The summed E-state index contributed by atoms with van der Waals surface area (Å²) in [6, 6.07) is 4.37. The minimum atomic E-state index is 0.278. The van der Waals surface area contributed by atoms with Crippen LogP contribution in [0, 0.1) is 0 Å². The van der Waals surface area contributed by atoms with Crippen LogP contribution in [0.1, 0.15) is 23.6 Å². The number of aromatic nitrogens is 5. The monoisotopic (exact) mass is 418 g/mol. The van der Waals surface area contributed by atoms with E-state index in [0.717, 1.165) is 74.9 Å². The number of aryl methyl sites for hydroxylation is 2. The lowest BCUT2D eigenvalue weighted by Gasteiger charge is -2.29. The van der Waals surface area contributed by atoms with Crippen molar-refractivity contribution in [1.82, 2.24) is 30.0 Å². The number of pyridine rings is 1. The van der Waals surface area contributed by atoms with Crippen molar-refractivity contribution in [2.75, 3.05) is 49.6 Å². The lowest BCUT2D eigenvalue weighted by molar-refractivity contribution is 0.185. The van der Waals surface area contributed by atoms with Gasteiger partial charge in [0.25, 0.3) is 0 Å². The van der Waals surface area contributed by atoms with Gasteiger partial charge in [-0.1, -0.05) is 0 Å². The van der Waals surface area contributed by atoms with Crippen LogP contribution >= 0.6 is 0 Å². The first-order valence-electron chi connectivity index (χ1n) is 11.0. The molecule has 6 rings (SSSR count). The Morgan fingerprint density at radius 1 is 1.03 bits per heavy atom. The molecule has 2 N–H and O–H groups in total. The molecular formula is C22H26N8O. The molecule has 160 valence electrons. The summed E-state index contributed by atoms with van der Waals surface area (Å²) in [4.78, 5) is 16.4. The van der Waals surface area contributed by atoms with Crippen LogP contribution in [0.5, 0.6) is 0 Å². The van der Waals surface area contributed by atoms with Gasteiger partial charge in [0.2, 0.25) is 5.95 Å². The Balaban J connectivity index is 1.26. The maximum Gasteiger partial charge on any atom is 0.228 e. The molecule has 3 aromatic heterocycles. The highest BCUT2D eigenvalue weighted by Crippen LogP contribution is 2.35. The van der Waals surface area contributed by atoms with Crippen molar-refractivity contribution in [2.45, 2.75) is 25.3 Å². The maximum atomic E-state index is 5.59. The molecule has 0 bridgehead atoms. The van der Waals surface area contributed by atoms with Gasteiger partial charge in [0, 0.05) is 44.5 Å². The van der Waals surface area contributed by atoms with Crippen LogP contribution in [0.25, 0.3) is 11.4 Å². The van der Waals surface area contributed by atoms with Gasteiger partial charge in [-0.15, -0.1) is 0 Å². The molecule has 0 amide bonds. The zero-order valence-corrected chi connectivity index (χ0v) is 17.4. The van der Waals surface area contributed by atoms with Gasteiger partial charge in [-0.3, -0.25) is 4.68 Å². The van der Waals surface area contributed by atoms with Gasteiger partial charge in [0.05, 0.1) is 42.1 Å². The number of hydrogen-bond acceptors (Lipinski definition) is 8. The highest BCUT2D eigenvalue weighted by Gasteiger charge is 2.28. The SMILES string of the molecule is c1cc(Nc2ncc3c(n2)-c2c(cnn2C2CCOC2)CC3)ncc1N1CCNCC1. The van der Waals surface area contributed by atoms with Gasteiger partial charge in [0.15, 0.2) is 0 Å². The topological polar surface area (TPSA) is 93.0 Å². The first kappa shape index (κ1) is 18.7. The van der Waals surface area contributed by atoms with Crippen LogP contribution in [0.3, 0.4) is 0 Å². The molecule has 2 fully saturated rings. The lowest BCUT2D eigenvalue weighted by Crippen LogP contribution is -2.43. The third kappa shape index (κ3) is 3.53. The molecule has 31 heavy (non-hydrogen) atoms. The second-order valence-electron chi connectivity index (χ2n) is 8.31. The highest BCUT2D eigenvalue weighted by atomic mass is 16.5. The summed E-state index contributed by atoms with van der Waals surface area (Å²) < 4.78 is 7.70. The fourth-order valence-electron chi connectivity index (χ4n) is 4.64. The van der Waals surface area contributed by atoms with Crippen LogP contribution in [0.2, 0.25) is 0 Å². The number of fused-ring (bicyclic) bond motifs is 3. The Morgan fingerprint density at radius 2 is 1.94 bits per heavy atom. The molecule has 5 heterocycles. The van der Waals surface area contributed by atoms with E-state index >= 15 is 0 Å². The molecule has 0 spiro atoms. The normalized spacial score (nSPS) is 20.4. The first-order valence-corrected chi connectivity index (χ1v) is 11.0. The molecule has 1 aliphatic carbocycles. The van der Waals surface area contributed by atoms with E-state index in [1.165, 1.54) is 11.1 Å². The summed E-state index contributed by atoms with van der Waals surface area (Å²) in [5.41, 5.74) is 5.65. The minimum Gasteiger partial charge on any atom is -0.379 e. The van der Waals surface area contributed by atoms with Crippen LogP contribution in [-0.2, 0) is 17.6 Å². The van der Waals surface area contributed by atoms with Gasteiger partial charge < -0.3 is 20.3 Å². The van der Waals surface area contributed by atoms with Crippen molar-refractivity contribution in [3.05, 3.63) is 41.9 Å². The molecule has 3 aromatic rings. The van der Waals surface area contributed by atoms with E-state index in [9.17, 15) is 0 Å². The lowest BCUT2D eigenvalue weighted by atomic mass is 9.95. The van der Waals surface area contributed by atoms with Gasteiger partial charge in [-0.2, -0.15) is 5.10 Å². The summed E-state index contributed by atoms with van der Waals surface area (Å²) in [5.74, 6) is 1.30. The summed E-state index contributed by atoms with van der Waals surface area (Å²) in [6.45, 7) is 5.53. The second kappa shape index (κ2) is 7.90. The van der Waals surface area contributed by atoms with Crippen molar-refractivity contribution >= 4 is 17.5 Å². The summed E-state index contributed by atoms with van der Waals surface area (Å²) in [5, 5.41) is 11.3. The Morgan fingerprint density at radius 3 is 2.74 bits per heavy atom. The van der Waals surface area contributed by atoms with Crippen LogP contribution in [-0.4, -0.2) is 64.1 Å². The zero-order chi connectivity index (χ0) is 20.6. The number of rotatable bonds is 4. The first-order chi connectivity index (χ1) is 15.3. The summed E-state index contributed by atoms with van der Waals surface area (Å²) >= 11 is 0. The van der Waals surface area contributed by atoms with E-state index in [1.54, 1.807) is 0 Å². The number of nitrogens with one attached hydrogen (secondary N) is 2. The Hall–Kier alpha value is -3.04. The number of hydrogen-bond donors (Lipinski definition) is 2. The van der Waals surface area contributed by atoms with Gasteiger partial charge in [0.1, 0.15) is 5.82 Å². The van der Waals surface area contributed by atoms with Crippen LogP contribution in [0.4, 0.5) is 17.5 Å². The molecule has 1 unspecified atom stereocenters. The fourth-order valence-corrected chi connectivity index (χ4v) is 4.64. The predicted octanol–water partition coefficient (Wildman–Crippen LogP) is 1.95. The summed E-state index contributed by atoms with van der Waals surface area (Å²) in [6.07, 6.45) is 8.74. The Kier molecular flexibility index (Phi) is 4.77. The van der Waals surface area contributed by atoms with E-state index in [4.69, 9.17) is 9.72 Å². The van der Waals surface area contributed by atoms with Gasteiger partial charge >= 0.3 is 0 Å². The number of nitrogens with zero attached hydrogens (tertiary/aromatic N) is 6. The molecule has 0 saturated carbocycles. The largest absolute Gasteiger partial charge is 0.379 e. The highest BCUT2D eigenvalue weighted by molar-refractivity contribution is 5.67. The number of piperazine rings is 1. The maximum absolute atomic E-state index is 5.59. The van der Waals surface area contributed by atoms with Crippen molar-refractivity contribution in [2.24, 2.45) is 0 Å².